The second-order valence-corrected chi connectivity index (χ2v) is 8.63. The first-order valence-corrected chi connectivity index (χ1v) is 10.5. The van der Waals surface area contributed by atoms with Crippen molar-refractivity contribution in [2.75, 3.05) is 13.3 Å². The summed E-state index contributed by atoms with van der Waals surface area (Å²) in [4.78, 5) is 26.1. The fraction of sp³-hybridized carbons (Fsp3) is 0.300. The maximum Gasteiger partial charge on any atom is 0.338 e. The van der Waals surface area contributed by atoms with Gasteiger partial charge in [-0.2, -0.15) is 0 Å². The molecule has 0 saturated carbocycles. The summed E-state index contributed by atoms with van der Waals surface area (Å²) in [6, 6.07) is 15.6. The fourth-order valence-corrected chi connectivity index (χ4v) is 3.36. The lowest BCUT2D eigenvalue weighted by atomic mass is 10.1. The highest BCUT2D eigenvalue weighted by molar-refractivity contribution is 7.89. The summed E-state index contributed by atoms with van der Waals surface area (Å²) in [5.41, 5.74) is 1.83. The Kier molecular flexibility index (Phi) is 6.74. The molecule has 1 atom stereocenters. The Morgan fingerprint density at radius 3 is 2.15 bits per heavy atom. The van der Waals surface area contributed by atoms with Crippen LogP contribution in [-0.2, 0) is 31.7 Å². The first-order valence-electron chi connectivity index (χ1n) is 8.42. The topological polar surface area (TPSA) is 80.8 Å². The summed E-state index contributed by atoms with van der Waals surface area (Å²) < 4.78 is 27.9. The van der Waals surface area contributed by atoms with E-state index < -0.39 is 21.9 Å². The van der Waals surface area contributed by atoms with Crippen molar-refractivity contribution >= 4 is 21.7 Å². The molecule has 0 unspecified atom stereocenters. The van der Waals surface area contributed by atoms with E-state index in [-0.39, 0.29) is 17.2 Å². The molecule has 0 heterocycles. The number of likely N-dealkylation sites (N-methyl/N-ethyl adjacent to an activating group) is 1. The van der Waals surface area contributed by atoms with Crippen molar-refractivity contribution in [3.63, 3.8) is 0 Å². The number of rotatable bonds is 7. The van der Waals surface area contributed by atoms with Crippen LogP contribution in [0.25, 0.3) is 0 Å². The molecule has 144 valence electrons. The first kappa shape index (κ1) is 20.6. The van der Waals surface area contributed by atoms with Crippen molar-refractivity contribution in [3.05, 3.63) is 71.3 Å². The normalized spacial score (nSPS) is 12.3. The molecule has 7 heteroatoms. The number of esters is 1. The maximum absolute atomic E-state index is 12.4. The van der Waals surface area contributed by atoms with Crippen molar-refractivity contribution in [3.8, 4) is 0 Å². The average Bonchev–Trinajstić information content (AvgIpc) is 2.61. The lowest BCUT2D eigenvalue weighted by Gasteiger charge is -2.21. The number of amides is 1. The summed E-state index contributed by atoms with van der Waals surface area (Å²) in [6.07, 6.45) is 0.218. The number of hydrogen-bond donors (Lipinski definition) is 0. The molecule has 0 aliphatic heterocycles. The van der Waals surface area contributed by atoms with E-state index in [1.807, 2.05) is 30.3 Å². The van der Waals surface area contributed by atoms with E-state index >= 15 is 0 Å². The molecule has 6 nitrogen and oxygen atoms in total. The quantitative estimate of drug-likeness (QED) is 0.680. The van der Waals surface area contributed by atoms with Crippen molar-refractivity contribution in [1.82, 2.24) is 4.90 Å². The minimum Gasteiger partial charge on any atom is -0.449 e. The van der Waals surface area contributed by atoms with E-state index in [1.54, 1.807) is 19.2 Å². The number of nitrogens with zero attached hydrogens (tertiary/aromatic N) is 1. The van der Waals surface area contributed by atoms with E-state index in [1.165, 1.54) is 24.0 Å². The van der Waals surface area contributed by atoms with Gasteiger partial charge in [-0.25, -0.2) is 13.2 Å². The van der Waals surface area contributed by atoms with Gasteiger partial charge in [-0.05, 0) is 30.2 Å². The van der Waals surface area contributed by atoms with Crippen molar-refractivity contribution in [2.45, 2.75) is 25.3 Å². The van der Waals surface area contributed by atoms with Gasteiger partial charge in [-0.1, -0.05) is 42.5 Å². The van der Waals surface area contributed by atoms with Gasteiger partial charge >= 0.3 is 5.97 Å². The summed E-state index contributed by atoms with van der Waals surface area (Å²) in [7, 11) is -1.49. The van der Waals surface area contributed by atoms with Gasteiger partial charge < -0.3 is 9.64 Å². The molecule has 2 aromatic rings. The molecule has 2 aromatic carbocycles. The molecule has 0 fully saturated rings. The monoisotopic (exact) mass is 389 g/mol. The second kappa shape index (κ2) is 8.81. The molecule has 0 bridgehead atoms. The molecule has 1 amide bonds. The Morgan fingerprint density at radius 1 is 1.00 bits per heavy atom. The predicted molar refractivity (Wildman–Crippen MR) is 103 cm³/mol. The van der Waals surface area contributed by atoms with Crippen LogP contribution >= 0.6 is 0 Å². The van der Waals surface area contributed by atoms with Crippen LogP contribution in [0.3, 0.4) is 0 Å². The van der Waals surface area contributed by atoms with Crippen molar-refractivity contribution in [2.24, 2.45) is 0 Å². The molecule has 0 spiro atoms. The van der Waals surface area contributed by atoms with Crippen LogP contribution in [0, 0.1) is 0 Å². The molecule has 0 aliphatic carbocycles. The maximum atomic E-state index is 12.4. The van der Waals surface area contributed by atoms with E-state index in [0.717, 1.165) is 11.8 Å². The van der Waals surface area contributed by atoms with Crippen molar-refractivity contribution in [1.29, 1.82) is 0 Å². The molecule has 0 aromatic heterocycles. The van der Waals surface area contributed by atoms with Crippen LogP contribution in [0.1, 0.15) is 28.4 Å². The van der Waals surface area contributed by atoms with Crippen LogP contribution in [0.2, 0.25) is 0 Å². The second-order valence-electron chi connectivity index (χ2n) is 6.49. The van der Waals surface area contributed by atoms with Gasteiger partial charge in [0.25, 0.3) is 5.91 Å². The van der Waals surface area contributed by atoms with Gasteiger partial charge in [-0.15, -0.1) is 0 Å². The van der Waals surface area contributed by atoms with Gasteiger partial charge in [0.1, 0.15) is 0 Å². The highest BCUT2D eigenvalue weighted by Crippen LogP contribution is 2.11. The first-order chi connectivity index (χ1) is 12.7. The van der Waals surface area contributed by atoms with Crippen LogP contribution in [-0.4, -0.2) is 44.6 Å². The highest BCUT2D eigenvalue weighted by atomic mass is 32.2. The fourth-order valence-electron chi connectivity index (χ4n) is 2.56. The summed E-state index contributed by atoms with van der Waals surface area (Å²) in [5.74, 6) is -1.03. The van der Waals surface area contributed by atoms with E-state index in [4.69, 9.17) is 4.74 Å². The molecular formula is C20H23NO5S. The predicted octanol–water partition coefficient (Wildman–Crippen LogP) is 2.44. The Balaban J connectivity index is 1.94. The van der Waals surface area contributed by atoms with E-state index in [9.17, 15) is 18.0 Å². The SMILES string of the molecule is C[C@@H](OC(=O)c1ccc(CS(C)(=O)=O)cc1)C(=O)N(C)Cc1ccccc1. The number of hydrogen-bond acceptors (Lipinski definition) is 5. The molecule has 2 rings (SSSR count). The van der Waals surface area contributed by atoms with Gasteiger partial charge in [-0.3, -0.25) is 4.79 Å². The highest BCUT2D eigenvalue weighted by Gasteiger charge is 2.22. The zero-order valence-corrected chi connectivity index (χ0v) is 16.4. The average molecular weight is 389 g/mol. The third-order valence-corrected chi connectivity index (χ3v) is 4.75. The Morgan fingerprint density at radius 2 is 1.59 bits per heavy atom. The van der Waals surface area contributed by atoms with Gasteiger partial charge in [0.05, 0.1) is 11.3 Å². The standard InChI is InChI=1S/C20H23NO5S/c1-15(19(22)21(2)13-16-7-5-4-6-8-16)26-20(23)18-11-9-17(10-12-18)14-27(3,24)25/h4-12,15H,13-14H2,1-3H3/t15-/m1/s1. The summed E-state index contributed by atoms with van der Waals surface area (Å²) >= 11 is 0. The number of sulfone groups is 1. The molecule has 0 saturated heterocycles. The minimum atomic E-state index is -3.14. The van der Waals surface area contributed by atoms with E-state index in [2.05, 4.69) is 0 Å². The van der Waals surface area contributed by atoms with Crippen LogP contribution in [0.15, 0.2) is 54.6 Å². The Bertz CT molecular complexity index is 892. The van der Waals surface area contributed by atoms with E-state index in [0.29, 0.717) is 12.1 Å². The number of benzene rings is 2. The van der Waals surface area contributed by atoms with Gasteiger partial charge in [0.15, 0.2) is 15.9 Å². The number of carbonyl (C=O) groups excluding carboxylic acids is 2. The summed E-state index contributed by atoms with van der Waals surface area (Å²) in [5, 5.41) is 0. The minimum absolute atomic E-state index is 0.0957. The van der Waals surface area contributed by atoms with Crippen LogP contribution in [0.5, 0.6) is 0 Å². The lowest BCUT2D eigenvalue weighted by Crippen LogP contribution is -2.37. The zero-order valence-electron chi connectivity index (χ0n) is 15.6. The van der Waals surface area contributed by atoms with Gasteiger partial charge in [0, 0.05) is 19.8 Å². The van der Waals surface area contributed by atoms with Crippen LogP contribution in [0.4, 0.5) is 0 Å². The third-order valence-electron chi connectivity index (χ3n) is 3.89. The number of carbonyl (C=O) groups is 2. The molecule has 0 N–H and O–H groups in total. The molecule has 0 aliphatic rings. The number of ether oxygens (including phenoxy) is 1. The zero-order chi connectivity index (χ0) is 20.0. The third kappa shape index (κ3) is 6.53. The smallest absolute Gasteiger partial charge is 0.338 e. The molecule has 0 radical (unpaired) electrons. The Hall–Kier alpha value is -2.67. The van der Waals surface area contributed by atoms with Gasteiger partial charge in [0.2, 0.25) is 0 Å². The summed E-state index contributed by atoms with van der Waals surface area (Å²) in [6.45, 7) is 1.95. The van der Waals surface area contributed by atoms with Crippen LogP contribution < -0.4 is 0 Å². The molecule has 27 heavy (non-hydrogen) atoms. The lowest BCUT2D eigenvalue weighted by molar-refractivity contribution is -0.139. The largest absolute Gasteiger partial charge is 0.449 e. The molecular weight excluding hydrogens is 366 g/mol. The van der Waals surface area contributed by atoms with Crippen molar-refractivity contribution < 1.29 is 22.7 Å². The Labute approximate surface area is 159 Å².